The molecule has 4 heterocycles. The summed E-state index contributed by atoms with van der Waals surface area (Å²) in [6.45, 7) is 3.97. The van der Waals surface area contributed by atoms with Crippen molar-refractivity contribution in [1.29, 1.82) is 0 Å². The van der Waals surface area contributed by atoms with Gasteiger partial charge in [-0.25, -0.2) is 9.67 Å². The Hall–Kier alpha value is -4.07. The number of halogens is 3. The highest BCUT2D eigenvalue weighted by atomic mass is 19.4. The molecular weight excluding hydrogens is 439 g/mol. The first-order valence-electron chi connectivity index (χ1n) is 10.7. The summed E-state index contributed by atoms with van der Waals surface area (Å²) in [6, 6.07) is 21.8. The van der Waals surface area contributed by atoms with Crippen molar-refractivity contribution in [1.82, 2.24) is 24.7 Å². The lowest BCUT2D eigenvalue weighted by molar-refractivity contribution is -0.141. The number of hydrogen-bond donors (Lipinski definition) is 0. The van der Waals surface area contributed by atoms with Gasteiger partial charge >= 0.3 is 6.18 Å². The molecule has 0 aliphatic carbocycles. The number of benzene rings is 1. The van der Waals surface area contributed by atoms with Gasteiger partial charge in [-0.3, -0.25) is 9.97 Å². The molecule has 0 N–H and O–H groups in total. The lowest BCUT2D eigenvalue weighted by Gasteiger charge is -2.24. The Bertz CT molecular complexity index is 1480. The molecule has 0 atom stereocenters. The van der Waals surface area contributed by atoms with Gasteiger partial charge in [0, 0.05) is 28.8 Å². The van der Waals surface area contributed by atoms with Gasteiger partial charge in [0.25, 0.3) is 0 Å². The van der Waals surface area contributed by atoms with Crippen LogP contribution in [0.3, 0.4) is 0 Å². The predicted octanol–water partition coefficient (Wildman–Crippen LogP) is 6.22. The van der Waals surface area contributed by atoms with Crippen molar-refractivity contribution in [3.05, 3.63) is 102 Å². The number of aromatic nitrogens is 5. The highest BCUT2D eigenvalue weighted by Crippen LogP contribution is 2.33. The lowest BCUT2D eigenvalue weighted by Crippen LogP contribution is -2.23. The van der Waals surface area contributed by atoms with E-state index in [1.54, 1.807) is 18.3 Å². The standard InChI is InChI=1S/C26H20F3N5/c1-25(2,22-11-6-12-24(32-22)34-16-14-23(33-34)26(27,28)29)21-10-5-9-20(31-21)18-13-15-30-19-8-4-3-7-17(18)19/h3-16H,1-2H3. The van der Waals surface area contributed by atoms with E-state index in [2.05, 4.69) is 15.1 Å². The number of alkyl halides is 3. The minimum absolute atomic E-state index is 0.303. The van der Waals surface area contributed by atoms with Crippen molar-refractivity contribution < 1.29 is 13.2 Å². The molecule has 0 fully saturated rings. The molecule has 5 rings (SSSR count). The van der Waals surface area contributed by atoms with Crippen molar-refractivity contribution in [2.24, 2.45) is 0 Å². The second kappa shape index (κ2) is 8.06. The van der Waals surface area contributed by atoms with Gasteiger partial charge in [0.05, 0.1) is 22.6 Å². The third kappa shape index (κ3) is 3.91. The molecule has 0 bridgehead atoms. The number of rotatable bonds is 4. The minimum Gasteiger partial charge on any atom is -0.256 e. The van der Waals surface area contributed by atoms with Crippen LogP contribution in [-0.2, 0) is 11.6 Å². The van der Waals surface area contributed by atoms with Gasteiger partial charge in [-0.15, -0.1) is 0 Å². The minimum atomic E-state index is -4.51. The Morgan fingerprint density at radius 1 is 0.735 bits per heavy atom. The predicted molar refractivity (Wildman–Crippen MR) is 123 cm³/mol. The van der Waals surface area contributed by atoms with Gasteiger partial charge in [-0.1, -0.05) is 30.3 Å². The van der Waals surface area contributed by atoms with Crippen LogP contribution >= 0.6 is 0 Å². The van der Waals surface area contributed by atoms with Crippen LogP contribution in [0.1, 0.15) is 30.9 Å². The molecule has 0 saturated heterocycles. The van der Waals surface area contributed by atoms with E-state index in [-0.39, 0.29) is 0 Å². The van der Waals surface area contributed by atoms with E-state index in [9.17, 15) is 13.2 Å². The Morgan fingerprint density at radius 2 is 1.47 bits per heavy atom. The molecule has 170 valence electrons. The quantitative estimate of drug-likeness (QED) is 0.320. The Balaban J connectivity index is 1.54. The van der Waals surface area contributed by atoms with Crippen molar-refractivity contribution in [3.8, 4) is 17.1 Å². The monoisotopic (exact) mass is 459 g/mol. The third-order valence-electron chi connectivity index (χ3n) is 5.80. The zero-order valence-electron chi connectivity index (χ0n) is 18.5. The first kappa shape index (κ1) is 21.8. The van der Waals surface area contributed by atoms with Gasteiger partial charge in [0.15, 0.2) is 11.5 Å². The molecule has 0 saturated carbocycles. The molecule has 0 unspecified atom stereocenters. The van der Waals surface area contributed by atoms with Gasteiger partial charge in [0.2, 0.25) is 0 Å². The van der Waals surface area contributed by atoms with Crippen LogP contribution in [0.15, 0.2) is 85.2 Å². The summed E-state index contributed by atoms with van der Waals surface area (Å²) in [7, 11) is 0. The highest BCUT2D eigenvalue weighted by Gasteiger charge is 2.34. The molecular formula is C26H20F3N5. The summed E-state index contributed by atoms with van der Waals surface area (Å²) in [5.74, 6) is 0.303. The van der Waals surface area contributed by atoms with E-state index in [0.717, 1.165) is 38.6 Å². The maximum atomic E-state index is 13.0. The van der Waals surface area contributed by atoms with E-state index in [0.29, 0.717) is 11.5 Å². The van der Waals surface area contributed by atoms with Gasteiger partial charge in [0.1, 0.15) is 0 Å². The van der Waals surface area contributed by atoms with Gasteiger partial charge < -0.3 is 0 Å². The Labute approximate surface area is 194 Å². The molecule has 8 heteroatoms. The van der Waals surface area contributed by atoms with E-state index >= 15 is 0 Å². The number of hydrogen-bond acceptors (Lipinski definition) is 4. The van der Waals surface area contributed by atoms with Crippen LogP contribution in [0.25, 0.3) is 28.0 Å². The SMILES string of the molecule is CC(C)(c1cccc(-c2ccnc3ccccc23)n1)c1cccc(-n2ccc(C(F)(F)F)n2)n1. The zero-order valence-corrected chi connectivity index (χ0v) is 18.5. The van der Waals surface area contributed by atoms with E-state index < -0.39 is 17.3 Å². The molecule has 0 spiro atoms. The smallest absolute Gasteiger partial charge is 0.256 e. The van der Waals surface area contributed by atoms with Gasteiger partial charge in [-0.05, 0) is 56.3 Å². The van der Waals surface area contributed by atoms with Crippen molar-refractivity contribution in [2.75, 3.05) is 0 Å². The summed E-state index contributed by atoms with van der Waals surface area (Å²) in [4.78, 5) is 14.0. The van der Waals surface area contributed by atoms with Crippen LogP contribution in [-0.4, -0.2) is 24.7 Å². The summed E-state index contributed by atoms with van der Waals surface area (Å²) < 4.78 is 40.1. The zero-order chi connectivity index (χ0) is 23.9. The van der Waals surface area contributed by atoms with Crippen molar-refractivity contribution in [2.45, 2.75) is 25.4 Å². The number of fused-ring (bicyclic) bond motifs is 1. The molecule has 4 aromatic heterocycles. The molecule has 0 aliphatic rings. The normalized spacial score (nSPS) is 12.3. The first-order chi connectivity index (χ1) is 16.2. The summed E-state index contributed by atoms with van der Waals surface area (Å²) in [6.07, 6.45) is -1.49. The number of pyridine rings is 3. The maximum absolute atomic E-state index is 13.0. The van der Waals surface area contributed by atoms with Crippen molar-refractivity contribution in [3.63, 3.8) is 0 Å². The summed E-state index contributed by atoms with van der Waals surface area (Å²) in [5.41, 5.74) is 2.54. The maximum Gasteiger partial charge on any atom is 0.435 e. The van der Waals surface area contributed by atoms with Gasteiger partial charge in [-0.2, -0.15) is 18.3 Å². The van der Waals surface area contributed by atoms with Crippen LogP contribution < -0.4 is 0 Å². The summed E-state index contributed by atoms with van der Waals surface area (Å²) in [5, 5.41) is 4.64. The lowest BCUT2D eigenvalue weighted by atomic mass is 9.84. The first-order valence-corrected chi connectivity index (χ1v) is 10.7. The van der Waals surface area contributed by atoms with Crippen LogP contribution in [0, 0.1) is 0 Å². The van der Waals surface area contributed by atoms with E-state index in [4.69, 9.17) is 4.98 Å². The molecule has 0 radical (unpaired) electrons. The highest BCUT2D eigenvalue weighted by molar-refractivity contribution is 5.93. The van der Waals surface area contributed by atoms with Crippen molar-refractivity contribution >= 4 is 10.9 Å². The Morgan fingerprint density at radius 3 is 2.24 bits per heavy atom. The average molecular weight is 459 g/mol. The summed E-state index contributed by atoms with van der Waals surface area (Å²) >= 11 is 0. The number of para-hydroxylation sites is 1. The molecule has 0 amide bonds. The van der Waals surface area contributed by atoms with E-state index in [1.165, 1.54) is 6.20 Å². The van der Waals surface area contributed by atoms with E-state index in [1.807, 2.05) is 68.4 Å². The Kier molecular flexibility index (Phi) is 5.16. The fourth-order valence-corrected chi connectivity index (χ4v) is 3.88. The van der Waals surface area contributed by atoms with Crippen LogP contribution in [0.4, 0.5) is 13.2 Å². The third-order valence-corrected chi connectivity index (χ3v) is 5.80. The average Bonchev–Trinajstić information content (AvgIpc) is 3.35. The largest absolute Gasteiger partial charge is 0.435 e. The topological polar surface area (TPSA) is 56.5 Å². The van der Waals surface area contributed by atoms with Crippen LogP contribution in [0.2, 0.25) is 0 Å². The second-order valence-electron chi connectivity index (χ2n) is 8.43. The molecule has 5 nitrogen and oxygen atoms in total. The van der Waals surface area contributed by atoms with Crippen LogP contribution in [0.5, 0.6) is 0 Å². The molecule has 0 aliphatic heterocycles. The molecule has 34 heavy (non-hydrogen) atoms. The molecule has 5 aromatic rings. The second-order valence-corrected chi connectivity index (χ2v) is 8.43. The molecule has 1 aromatic carbocycles. The fourth-order valence-electron chi connectivity index (χ4n) is 3.88. The fraction of sp³-hybridized carbons (Fsp3) is 0.154. The number of nitrogens with zero attached hydrogens (tertiary/aromatic N) is 5.